The summed E-state index contributed by atoms with van der Waals surface area (Å²) in [6.07, 6.45) is 0. The quantitative estimate of drug-likeness (QED) is 0.0555. The van der Waals surface area contributed by atoms with Crippen LogP contribution in [-0.4, -0.2) is 91.6 Å². The van der Waals surface area contributed by atoms with Crippen LogP contribution in [0.3, 0.4) is 0 Å². The number of aliphatic carboxylic acids is 1. The number of carboxylic acid groups (broad SMARTS) is 1. The number of hydrogen-bond donors (Lipinski definition) is 7. The Bertz CT molecular complexity index is 1500. The summed E-state index contributed by atoms with van der Waals surface area (Å²) in [5.41, 5.74) is 3.81. The van der Waals surface area contributed by atoms with Crippen molar-refractivity contribution in [2.45, 2.75) is 78.8 Å². The molecule has 0 unspecified atom stereocenters. The van der Waals surface area contributed by atoms with Gasteiger partial charge in [0.15, 0.2) is 17.0 Å². The molecule has 13 nitrogen and oxygen atoms in total. The summed E-state index contributed by atoms with van der Waals surface area (Å²) in [5, 5.41) is 46.0. The van der Waals surface area contributed by atoms with E-state index in [0.717, 1.165) is 11.1 Å². The van der Waals surface area contributed by atoms with E-state index in [4.69, 9.17) is 62.5 Å². The van der Waals surface area contributed by atoms with E-state index in [1.165, 1.54) is 27.7 Å². The van der Waals surface area contributed by atoms with Crippen LogP contribution in [0.4, 0.5) is 22.7 Å². The van der Waals surface area contributed by atoms with Gasteiger partial charge in [-0.05, 0) is 100 Å². The van der Waals surface area contributed by atoms with Crippen LogP contribution in [0.15, 0.2) is 36.4 Å². The van der Waals surface area contributed by atoms with Gasteiger partial charge < -0.3 is 36.6 Å². The molecule has 2 rings (SSSR count). The first-order chi connectivity index (χ1) is 23.2. The molecule has 0 fully saturated rings. The summed E-state index contributed by atoms with van der Waals surface area (Å²) < 4.78 is 0. The number of nitrogen functional groups attached to an aromatic ring is 1. The lowest BCUT2D eigenvalue weighted by Crippen LogP contribution is -2.41. The van der Waals surface area contributed by atoms with Crippen molar-refractivity contribution in [2.75, 3.05) is 32.4 Å². The van der Waals surface area contributed by atoms with E-state index < -0.39 is 44.8 Å². The van der Waals surface area contributed by atoms with Crippen molar-refractivity contribution in [3.63, 3.8) is 0 Å². The second kappa shape index (κ2) is 28.3. The molecule has 1 amide bonds. The number of aryl methyl sites for hydroxylation is 2. The fraction of sp³-hybridized carbons (Fsp3) is 0.471. The summed E-state index contributed by atoms with van der Waals surface area (Å²) in [4.78, 5) is 48.7. The Labute approximate surface area is 355 Å². The first-order valence-corrected chi connectivity index (χ1v) is 19.2. The molecule has 0 radical (unpaired) electrons. The first kappa shape index (κ1) is 60.1. The lowest BCUT2D eigenvalue weighted by Gasteiger charge is -2.19. The van der Waals surface area contributed by atoms with Crippen molar-refractivity contribution < 1.29 is 44.7 Å². The van der Waals surface area contributed by atoms with Crippen LogP contribution in [-0.2, 0) is 19.2 Å². The van der Waals surface area contributed by atoms with Crippen LogP contribution in [0.1, 0.15) is 53.7 Å². The number of alkyl halides is 4. The highest BCUT2D eigenvalue weighted by molar-refractivity contribution is 9.09. The number of nitrogens with one attached hydrogen (secondary N) is 1. The molecule has 19 heteroatoms. The van der Waals surface area contributed by atoms with E-state index in [1.54, 1.807) is 43.3 Å². The summed E-state index contributed by atoms with van der Waals surface area (Å²) in [7, 11) is 0. The van der Waals surface area contributed by atoms with Crippen molar-refractivity contribution in [3.05, 3.63) is 70.4 Å². The number of halogens is 6. The summed E-state index contributed by atoms with van der Waals surface area (Å²) in [6, 6.07) is 10.3. The number of carbonyl (C=O) groups excluding carboxylic acids is 3. The number of nitrogens with zero attached hydrogens (tertiary/aromatic N) is 2. The molecule has 2 aromatic carbocycles. The van der Waals surface area contributed by atoms with Crippen LogP contribution < -0.4 is 11.1 Å². The Morgan fingerprint density at radius 1 is 0.698 bits per heavy atom. The molecule has 0 bridgehead atoms. The first-order valence-electron chi connectivity index (χ1n) is 14.0. The van der Waals surface area contributed by atoms with Crippen LogP contribution in [0.25, 0.3) is 9.69 Å². The van der Waals surface area contributed by atoms with Crippen molar-refractivity contribution >= 4 is 132 Å². The topological polar surface area (TPSA) is 216 Å². The molecule has 0 aromatic heterocycles. The third kappa shape index (κ3) is 24.8. The average Bonchev–Trinajstić information content (AvgIpc) is 3.05. The molecule has 0 heterocycles. The number of aliphatic hydroxyl groups is 4. The van der Waals surface area contributed by atoms with Crippen LogP contribution in [0, 0.1) is 27.0 Å². The average molecular weight is 1050 g/mol. The third-order valence-electron chi connectivity index (χ3n) is 5.75. The number of nitrogens with two attached hydrogens (primary N) is 1. The van der Waals surface area contributed by atoms with Gasteiger partial charge in [0.2, 0.25) is 0 Å². The van der Waals surface area contributed by atoms with Crippen molar-refractivity contribution in [2.24, 2.45) is 0 Å². The van der Waals surface area contributed by atoms with Gasteiger partial charge in [0.25, 0.3) is 16.4 Å². The monoisotopic (exact) mass is 1040 g/mol. The standard InChI is InChI=1S/C12H13BrN2O2.C8H8N2.2C4H6BrClO2.C4H7BrO3.2CH4/c1-8-6-9(4-5-10(8)14-3)15-11(16)12(2,17)7-13;1-6-5-7(9)3-4-8(6)10-2;3*1-4(8,2-5)3(6)7;;/h4-6,17H,7H2,1-2H3,(H,15,16);3-5H,9H2,1H3;2*8H,2H2,1H3;8H,2H2,1H3,(H,6,7);2*1H4/t12-;;3*4-;;/m0.000../s1. The molecule has 0 aliphatic carbocycles. The number of hydrogen-bond acceptors (Lipinski definition) is 9. The van der Waals surface area contributed by atoms with E-state index in [9.17, 15) is 24.3 Å². The minimum atomic E-state index is -1.62. The van der Waals surface area contributed by atoms with Gasteiger partial charge in [-0.15, -0.1) is 0 Å². The van der Waals surface area contributed by atoms with Crippen molar-refractivity contribution in [3.8, 4) is 0 Å². The molecule has 4 atom stereocenters. The highest BCUT2D eigenvalue weighted by Crippen LogP contribution is 2.23. The van der Waals surface area contributed by atoms with Gasteiger partial charge in [-0.2, -0.15) is 0 Å². The van der Waals surface area contributed by atoms with E-state index in [0.29, 0.717) is 22.7 Å². The number of anilines is 2. The van der Waals surface area contributed by atoms with Gasteiger partial charge in [-0.3, -0.25) is 14.4 Å². The maximum Gasteiger partial charge on any atom is 0.336 e. The number of amides is 1. The summed E-state index contributed by atoms with van der Waals surface area (Å²) in [5.74, 6) is -1.70. The predicted molar refractivity (Wildman–Crippen MR) is 228 cm³/mol. The minimum absolute atomic E-state index is 0. The maximum absolute atomic E-state index is 11.7. The molecule has 8 N–H and O–H groups in total. The molecule has 0 aliphatic rings. The van der Waals surface area contributed by atoms with E-state index >= 15 is 0 Å². The summed E-state index contributed by atoms with van der Waals surface area (Å²) >= 11 is 21.6. The highest BCUT2D eigenvalue weighted by Gasteiger charge is 2.29. The Morgan fingerprint density at radius 3 is 1.26 bits per heavy atom. The number of rotatable bonds is 9. The molecule has 300 valence electrons. The Kier molecular flexibility index (Phi) is 32.1. The van der Waals surface area contributed by atoms with Crippen LogP contribution in [0.5, 0.6) is 0 Å². The zero-order chi connectivity index (χ0) is 41.0. The molecule has 0 saturated heterocycles. The third-order valence-corrected chi connectivity index (χ3v) is 10.9. The van der Waals surface area contributed by atoms with Crippen LogP contribution in [0.2, 0.25) is 0 Å². The van der Waals surface area contributed by atoms with Gasteiger partial charge in [-0.1, -0.05) is 90.7 Å². The predicted octanol–water partition coefficient (Wildman–Crippen LogP) is 8.04. The molecule has 0 aliphatic heterocycles. The highest BCUT2D eigenvalue weighted by atomic mass is 79.9. The summed E-state index contributed by atoms with van der Waals surface area (Å²) in [6.45, 7) is 22.7. The number of benzene rings is 2. The fourth-order valence-electron chi connectivity index (χ4n) is 2.15. The van der Waals surface area contributed by atoms with E-state index in [-0.39, 0.29) is 36.2 Å². The zero-order valence-electron chi connectivity index (χ0n) is 28.4. The normalized spacial score (nSPS) is 13.9. The Morgan fingerprint density at radius 2 is 1.04 bits per heavy atom. The van der Waals surface area contributed by atoms with Gasteiger partial charge in [0.1, 0.15) is 16.8 Å². The zero-order valence-corrected chi connectivity index (χ0v) is 36.3. The smallest absolute Gasteiger partial charge is 0.336 e. The lowest BCUT2D eigenvalue weighted by atomic mass is 10.1. The molecule has 2 aromatic rings. The number of carboxylic acids is 1. The molecular formula is C34H48Br4Cl2N4O9. The largest absolute Gasteiger partial charge is 0.479 e. The Balaban J connectivity index is -0.000000187. The number of carbonyl (C=O) groups is 4. The maximum atomic E-state index is 11.7. The van der Waals surface area contributed by atoms with Gasteiger partial charge in [-0.25, -0.2) is 14.5 Å². The molecular weight excluding hydrogens is 999 g/mol. The van der Waals surface area contributed by atoms with Crippen molar-refractivity contribution in [1.29, 1.82) is 0 Å². The lowest BCUT2D eigenvalue weighted by molar-refractivity contribution is -0.154. The van der Waals surface area contributed by atoms with E-state index in [1.807, 2.05) is 6.92 Å². The van der Waals surface area contributed by atoms with E-state index in [2.05, 4.69) is 78.7 Å². The second-order valence-corrected chi connectivity index (χ2v) is 14.1. The molecule has 0 saturated carbocycles. The molecule has 0 spiro atoms. The minimum Gasteiger partial charge on any atom is -0.479 e. The van der Waals surface area contributed by atoms with Crippen LogP contribution >= 0.6 is 86.9 Å². The fourth-order valence-corrected chi connectivity index (χ4v) is 3.61. The van der Waals surface area contributed by atoms with Gasteiger partial charge in [0.05, 0.1) is 13.1 Å². The van der Waals surface area contributed by atoms with Crippen molar-refractivity contribution in [1.82, 2.24) is 0 Å². The second-order valence-electron chi connectivity index (χ2n) is 11.2. The SMILES string of the molecule is C.C.C[C@](O)(CBr)C(=O)Cl.C[C@](O)(CBr)C(=O)Cl.C[C@](O)(CBr)C(=O)O.[C-]#[N+]c1ccc(N)cc1C.[C-]#[N+]c1ccc(NC(=O)[C@@](C)(O)CBr)cc1C. The Hall–Kier alpha value is -2.16. The van der Waals surface area contributed by atoms with Gasteiger partial charge >= 0.3 is 5.97 Å². The van der Waals surface area contributed by atoms with Gasteiger partial charge in [0, 0.05) is 32.7 Å². The molecule has 53 heavy (non-hydrogen) atoms.